The quantitative estimate of drug-likeness (QED) is 0.616. The molecule has 0 N–H and O–H groups in total. The van der Waals surface area contributed by atoms with Crippen molar-refractivity contribution in [3.63, 3.8) is 0 Å². The van der Waals surface area contributed by atoms with Crippen LogP contribution in [0, 0.1) is 10.1 Å². The number of rotatable bonds is 4. The lowest BCUT2D eigenvalue weighted by Gasteiger charge is -2.15. The van der Waals surface area contributed by atoms with Crippen LogP contribution in [0.15, 0.2) is 23.1 Å². The van der Waals surface area contributed by atoms with Gasteiger partial charge in [0.25, 0.3) is 5.69 Å². The topological polar surface area (TPSA) is 89.8 Å². The number of nitro groups is 1. The molecule has 1 fully saturated rings. The molecule has 1 aliphatic heterocycles. The largest absolute Gasteiger partial charge is 0.497 e. The summed E-state index contributed by atoms with van der Waals surface area (Å²) in [6.07, 6.45) is 1.56. The summed E-state index contributed by atoms with van der Waals surface area (Å²) in [5.41, 5.74) is -0.453. The van der Waals surface area contributed by atoms with Crippen LogP contribution in [-0.4, -0.2) is 37.8 Å². The van der Waals surface area contributed by atoms with Gasteiger partial charge < -0.3 is 4.74 Å². The van der Waals surface area contributed by atoms with Gasteiger partial charge in [-0.2, -0.15) is 4.31 Å². The van der Waals surface area contributed by atoms with E-state index in [4.69, 9.17) is 4.74 Å². The van der Waals surface area contributed by atoms with E-state index < -0.39 is 20.6 Å². The normalized spacial score (nSPS) is 16.5. The summed E-state index contributed by atoms with van der Waals surface area (Å²) in [6, 6.07) is 3.77. The van der Waals surface area contributed by atoms with Crippen molar-refractivity contribution < 1.29 is 18.1 Å². The summed E-state index contributed by atoms with van der Waals surface area (Å²) in [5, 5.41) is 11.0. The molecule has 1 heterocycles. The summed E-state index contributed by atoms with van der Waals surface area (Å²) in [6.45, 7) is 0.817. The molecule has 0 aliphatic carbocycles. The van der Waals surface area contributed by atoms with Gasteiger partial charge in [-0.25, -0.2) is 8.42 Å². The Morgan fingerprint density at radius 3 is 2.47 bits per heavy atom. The van der Waals surface area contributed by atoms with Gasteiger partial charge in [-0.05, 0) is 25.0 Å². The Hall–Kier alpha value is -1.67. The Labute approximate surface area is 111 Å². The molecule has 0 atom stereocenters. The fraction of sp³-hybridized carbons (Fsp3) is 0.455. The summed E-state index contributed by atoms with van der Waals surface area (Å²) < 4.78 is 30.8. The van der Waals surface area contributed by atoms with Crippen molar-refractivity contribution in [2.24, 2.45) is 0 Å². The van der Waals surface area contributed by atoms with Crippen LogP contribution >= 0.6 is 0 Å². The van der Waals surface area contributed by atoms with Gasteiger partial charge in [-0.3, -0.25) is 10.1 Å². The van der Waals surface area contributed by atoms with Crippen molar-refractivity contribution in [1.29, 1.82) is 0 Å². The second-order valence-electron chi connectivity index (χ2n) is 4.20. The molecule has 104 valence electrons. The van der Waals surface area contributed by atoms with Gasteiger partial charge in [0.1, 0.15) is 5.75 Å². The zero-order valence-corrected chi connectivity index (χ0v) is 11.2. The van der Waals surface area contributed by atoms with Crippen molar-refractivity contribution in [3.05, 3.63) is 28.3 Å². The van der Waals surface area contributed by atoms with E-state index in [1.807, 2.05) is 0 Å². The third-order valence-electron chi connectivity index (χ3n) is 3.05. The molecule has 1 aliphatic rings. The van der Waals surface area contributed by atoms with Crippen LogP contribution in [0.4, 0.5) is 5.69 Å². The maximum atomic E-state index is 12.3. The first-order valence-corrected chi connectivity index (χ1v) is 7.23. The highest BCUT2D eigenvalue weighted by molar-refractivity contribution is 7.89. The van der Waals surface area contributed by atoms with Crippen LogP contribution < -0.4 is 4.74 Å². The third kappa shape index (κ3) is 2.54. The number of methoxy groups -OCH3 is 1. The Balaban J connectivity index is 2.52. The van der Waals surface area contributed by atoms with Crippen molar-refractivity contribution in [2.45, 2.75) is 17.7 Å². The number of benzene rings is 1. The molecule has 19 heavy (non-hydrogen) atoms. The van der Waals surface area contributed by atoms with E-state index in [0.29, 0.717) is 13.1 Å². The van der Waals surface area contributed by atoms with Gasteiger partial charge in [-0.15, -0.1) is 0 Å². The molecule has 7 nitrogen and oxygen atoms in total. The molecule has 0 unspecified atom stereocenters. The second kappa shape index (κ2) is 5.14. The zero-order valence-electron chi connectivity index (χ0n) is 10.4. The van der Waals surface area contributed by atoms with Crippen molar-refractivity contribution in [1.82, 2.24) is 4.31 Å². The van der Waals surface area contributed by atoms with Crippen LogP contribution in [0.25, 0.3) is 0 Å². The minimum atomic E-state index is -3.80. The van der Waals surface area contributed by atoms with Gasteiger partial charge in [0.15, 0.2) is 4.90 Å². The monoisotopic (exact) mass is 286 g/mol. The van der Waals surface area contributed by atoms with E-state index in [1.165, 1.54) is 23.5 Å². The standard InChI is InChI=1S/C11H14N2O5S/c1-18-9-4-5-11(10(8-9)13(14)15)19(16,17)12-6-2-3-7-12/h4-5,8H,2-3,6-7H2,1H3. The van der Waals surface area contributed by atoms with Gasteiger partial charge in [0.05, 0.1) is 18.1 Å². The average Bonchev–Trinajstić information content (AvgIpc) is 2.92. The molecular weight excluding hydrogens is 272 g/mol. The number of hydrogen-bond acceptors (Lipinski definition) is 5. The molecule has 2 rings (SSSR count). The van der Waals surface area contributed by atoms with Crippen LogP contribution in [0.5, 0.6) is 5.75 Å². The molecule has 0 amide bonds. The predicted molar refractivity (Wildman–Crippen MR) is 67.6 cm³/mol. The van der Waals surface area contributed by atoms with E-state index in [-0.39, 0.29) is 10.6 Å². The third-order valence-corrected chi connectivity index (χ3v) is 4.99. The van der Waals surface area contributed by atoms with Gasteiger partial charge in [0, 0.05) is 13.1 Å². The first-order valence-electron chi connectivity index (χ1n) is 5.79. The number of hydrogen-bond donors (Lipinski definition) is 0. The molecule has 1 saturated heterocycles. The number of nitrogens with zero attached hydrogens (tertiary/aromatic N) is 2. The van der Waals surface area contributed by atoms with Crippen molar-refractivity contribution in [2.75, 3.05) is 20.2 Å². The highest BCUT2D eigenvalue weighted by Crippen LogP contribution is 2.31. The zero-order chi connectivity index (χ0) is 14.0. The first kappa shape index (κ1) is 13.8. The van der Waals surface area contributed by atoms with E-state index in [0.717, 1.165) is 18.9 Å². The van der Waals surface area contributed by atoms with Crippen molar-refractivity contribution >= 4 is 15.7 Å². The molecule has 8 heteroatoms. The summed E-state index contributed by atoms with van der Waals surface area (Å²) >= 11 is 0. The minimum absolute atomic E-state index is 0.257. The minimum Gasteiger partial charge on any atom is -0.497 e. The molecule has 0 spiro atoms. The fourth-order valence-electron chi connectivity index (χ4n) is 2.05. The fourth-order valence-corrected chi connectivity index (χ4v) is 3.71. The number of ether oxygens (including phenoxy) is 1. The molecule has 1 aromatic rings. The second-order valence-corrected chi connectivity index (χ2v) is 6.11. The highest BCUT2D eigenvalue weighted by Gasteiger charge is 2.33. The van der Waals surface area contributed by atoms with Gasteiger partial charge >= 0.3 is 0 Å². The predicted octanol–water partition coefficient (Wildman–Crippen LogP) is 1.39. The highest BCUT2D eigenvalue weighted by atomic mass is 32.2. The molecule has 0 aromatic heterocycles. The smallest absolute Gasteiger partial charge is 0.293 e. The average molecular weight is 286 g/mol. The van der Waals surface area contributed by atoms with E-state index >= 15 is 0 Å². The lowest BCUT2D eigenvalue weighted by atomic mass is 10.3. The lowest BCUT2D eigenvalue weighted by molar-refractivity contribution is -0.387. The molecule has 0 bridgehead atoms. The Bertz CT molecular complexity index is 593. The van der Waals surface area contributed by atoms with Crippen LogP contribution in [0.1, 0.15) is 12.8 Å². The lowest BCUT2D eigenvalue weighted by Crippen LogP contribution is -2.28. The maximum Gasteiger partial charge on any atom is 0.293 e. The molecule has 0 saturated carbocycles. The van der Waals surface area contributed by atoms with E-state index in [2.05, 4.69) is 0 Å². The van der Waals surface area contributed by atoms with Gasteiger partial charge in [-0.1, -0.05) is 0 Å². The van der Waals surface area contributed by atoms with Gasteiger partial charge in [0.2, 0.25) is 10.0 Å². The van der Waals surface area contributed by atoms with Crippen LogP contribution in [0.2, 0.25) is 0 Å². The summed E-state index contributed by atoms with van der Waals surface area (Å²) in [7, 11) is -2.43. The molecular formula is C11H14N2O5S. The van der Waals surface area contributed by atoms with Crippen molar-refractivity contribution in [3.8, 4) is 5.75 Å². The van der Waals surface area contributed by atoms with E-state index in [9.17, 15) is 18.5 Å². The molecule has 1 aromatic carbocycles. The van der Waals surface area contributed by atoms with Crippen LogP contribution in [0.3, 0.4) is 0 Å². The Morgan fingerprint density at radius 2 is 1.95 bits per heavy atom. The maximum absolute atomic E-state index is 12.3. The van der Waals surface area contributed by atoms with E-state index in [1.54, 1.807) is 0 Å². The first-order chi connectivity index (χ1) is 8.96. The Kier molecular flexibility index (Phi) is 3.72. The van der Waals surface area contributed by atoms with Crippen LogP contribution in [-0.2, 0) is 10.0 Å². The summed E-state index contributed by atoms with van der Waals surface area (Å²) in [4.78, 5) is 10.0. The number of nitro benzene ring substituents is 1. The SMILES string of the molecule is COc1ccc(S(=O)(=O)N2CCCC2)c([N+](=O)[O-])c1. The molecule has 0 radical (unpaired) electrons. The summed E-state index contributed by atoms with van der Waals surface area (Å²) in [5.74, 6) is 0.257. The Morgan fingerprint density at radius 1 is 1.32 bits per heavy atom. The number of sulfonamides is 1.